The van der Waals surface area contributed by atoms with Crippen LogP contribution in [0.1, 0.15) is 52.0 Å². The van der Waals surface area contributed by atoms with Gasteiger partial charge in [-0.25, -0.2) is 0 Å². The van der Waals surface area contributed by atoms with Gasteiger partial charge in [0.15, 0.2) is 0 Å². The van der Waals surface area contributed by atoms with Gasteiger partial charge < -0.3 is 15.6 Å². The summed E-state index contributed by atoms with van der Waals surface area (Å²) in [5, 5.41) is 10.4. The average Bonchev–Trinajstić information content (AvgIpc) is 2.46. The van der Waals surface area contributed by atoms with Crippen LogP contribution in [0.15, 0.2) is 24.3 Å². The largest absolute Gasteiger partial charge is 0.493 e. The summed E-state index contributed by atoms with van der Waals surface area (Å²) in [6, 6.07) is 7.98. The molecular weight excluding hydrogens is 262 g/mol. The van der Waals surface area contributed by atoms with E-state index in [0.29, 0.717) is 18.4 Å². The minimum atomic E-state index is -0.382. The third-order valence-corrected chi connectivity index (χ3v) is 3.95. The molecule has 3 nitrogen and oxygen atoms in total. The summed E-state index contributed by atoms with van der Waals surface area (Å²) in [4.78, 5) is 0. The number of aliphatic hydroxyl groups is 1. The number of benzene rings is 1. The smallest absolute Gasteiger partial charge is 0.119 e. The molecule has 0 amide bonds. The molecular formula is C18H31NO2. The maximum absolute atomic E-state index is 10.4. The van der Waals surface area contributed by atoms with Crippen molar-refractivity contribution in [2.75, 3.05) is 13.2 Å². The van der Waals surface area contributed by atoms with Crippen LogP contribution in [0, 0.1) is 11.8 Å². The zero-order chi connectivity index (χ0) is 15.8. The van der Waals surface area contributed by atoms with E-state index in [2.05, 4.69) is 27.7 Å². The highest BCUT2D eigenvalue weighted by Gasteiger charge is 2.21. The Labute approximate surface area is 129 Å². The van der Waals surface area contributed by atoms with Crippen LogP contribution < -0.4 is 10.5 Å². The lowest BCUT2D eigenvalue weighted by Gasteiger charge is -2.24. The molecule has 3 atom stereocenters. The molecule has 0 bridgehead atoms. The number of aliphatic hydroxyl groups excluding tert-OH is 1. The lowest BCUT2D eigenvalue weighted by Crippen LogP contribution is -2.27. The minimum absolute atomic E-state index is 0.00171. The summed E-state index contributed by atoms with van der Waals surface area (Å²) in [5.74, 6) is 1.90. The molecule has 0 aromatic heterocycles. The van der Waals surface area contributed by atoms with E-state index in [1.165, 1.54) is 0 Å². The topological polar surface area (TPSA) is 55.5 Å². The van der Waals surface area contributed by atoms with Gasteiger partial charge in [0.25, 0.3) is 0 Å². The van der Waals surface area contributed by atoms with Crippen molar-refractivity contribution < 1.29 is 9.84 Å². The standard InChI is InChI=1S/C18H31NO2/c1-5-14(4)10-18(20)17(11-19)15-6-8-16(9-7-15)21-12-13(2)3/h6-9,13-14,17-18,20H,5,10-12,19H2,1-4H3. The molecule has 0 fully saturated rings. The van der Waals surface area contributed by atoms with Gasteiger partial charge in [0.2, 0.25) is 0 Å². The summed E-state index contributed by atoms with van der Waals surface area (Å²) in [6.07, 6.45) is 1.49. The van der Waals surface area contributed by atoms with E-state index in [9.17, 15) is 5.11 Å². The highest BCUT2D eigenvalue weighted by atomic mass is 16.5. The summed E-state index contributed by atoms with van der Waals surface area (Å²) in [7, 11) is 0. The van der Waals surface area contributed by atoms with Gasteiger partial charge in [-0.1, -0.05) is 46.2 Å². The lowest BCUT2D eigenvalue weighted by molar-refractivity contribution is 0.118. The fourth-order valence-corrected chi connectivity index (χ4v) is 2.33. The van der Waals surface area contributed by atoms with Crippen molar-refractivity contribution in [1.82, 2.24) is 0 Å². The van der Waals surface area contributed by atoms with Crippen molar-refractivity contribution >= 4 is 0 Å². The van der Waals surface area contributed by atoms with Crippen LogP contribution in [0.2, 0.25) is 0 Å². The lowest BCUT2D eigenvalue weighted by atomic mass is 9.87. The summed E-state index contributed by atoms with van der Waals surface area (Å²) in [6.45, 7) is 9.75. The van der Waals surface area contributed by atoms with Gasteiger partial charge in [-0.2, -0.15) is 0 Å². The first-order valence-electron chi connectivity index (χ1n) is 8.08. The fourth-order valence-electron chi connectivity index (χ4n) is 2.33. The van der Waals surface area contributed by atoms with Crippen LogP contribution in [0.25, 0.3) is 0 Å². The first-order chi connectivity index (χ1) is 9.97. The molecule has 0 spiro atoms. The molecule has 0 aliphatic rings. The highest BCUT2D eigenvalue weighted by Crippen LogP contribution is 2.26. The second kappa shape index (κ2) is 9.06. The van der Waals surface area contributed by atoms with E-state index in [1.807, 2.05) is 24.3 Å². The second-order valence-corrected chi connectivity index (χ2v) is 6.43. The van der Waals surface area contributed by atoms with Gasteiger partial charge in [0.1, 0.15) is 5.75 Å². The van der Waals surface area contributed by atoms with Gasteiger partial charge in [-0.05, 0) is 36.0 Å². The van der Waals surface area contributed by atoms with E-state index in [4.69, 9.17) is 10.5 Å². The Hall–Kier alpha value is -1.06. The van der Waals surface area contributed by atoms with Gasteiger partial charge in [-0.3, -0.25) is 0 Å². The molecule has 0 heterocycles. The van der Waals surface area contributed by atoms with Gasteiger partial charge >= 0.3 is 0 Å². The first-order valence-corrected chi connectivity index (χ1v) is 8.08. The third-order valence-electron chi connectivity index (χ3n) is 3.95. The number of nitrogens with two attached hydrogens (primary N) is 1. The zero-order valence-electron chi connectivity index (χ0n) is 13.9. The Balaban J connectivity index is 2.68. The summed E-state index contributed by atoms with van der Waals surface area (Å²) >= 11 is 0. The molecule has 120 valence electrons. The molecule has 1 aromatic carbocycles. The first kappa shape index (κ1) is 18.0. The Morgan fingerprint density at radius 3 is 2.24 bits per heavy atom. The Bertz CT molecular complexity index is 389. The summed E-state index contributed by atoms with van der Waals surface area (Å²) < 4.78 is 5.68. The van der Waals surface area contributed by atoms with Crippen molar-refractivity contribution in [3.63, 3.8) is 0 Å². The van der Waals surface area contributed by atoms with E-state index < -0.39 is 0 Å². The van der Waals surface area contributed by atoms with Gasteiger partial charge in [0, 0.05) is 12.5 Å². The van der Waals surface area contributed by atoms with Crippen LogP contribution in [-0.2, 0) is 0 Å². The van der Waals surface area contributed by atoms with Crippen molar-refractivity contribution in [2.24, 2.45) is 17.6 Å². The number of ether oxygens (including phenoxy) is 1. The quantitative estimate of drug-likeness (QED) is 0.732. The molecule has 3 unspecified atom stereocenters. The molecule has 1 rings (SSSR count). The van der Waals surface area contributed by atoms with Gasteiger partial charge in [0.05, 0.1) is 12.7 Å². The van der Waals surface area contributed by atoms with Crippen LogP contribution in [0.3, 0.4) is 0 Å². The predicted octanol–water partition coefficient (Wildman–Crippen LogP) is 3.56. The van der Waals surface area contributed by atoms with Gasteiger partial charge in [-0.15, -0.1) is 0 Å². The molecule has 21 heavy (non-hydrogen) atoms. The molecule has 0 aliphatic carbocycles. The van der Waals surface area contributed by atoms with E-state index in [-0.39, 0.29) is 12.0 Å². The molecule has 0 aliphatic heterocycles. The zero-order valence-corrected chi connectivity index (χ0v) is 13.9. The SMILES string of the molecule is CCC(C)CC(O)C(CN)c1ccc(OCC(C)C)cc1. The maximum atomic E-state index is 10.4. The van der Waals surface area contributed by atoms with Crippen LogP contribution in [-0.4, -0.2) is 24.4 Å². The van der Waals surface area contributed by atoms with Crippen molar-refractivity contribution in [3.8, 4) is 5.75 Å². The molecule has 3 heteroatoms. The normalized spacial score (nSPS) is 15.8. The van der Waals surface area contributed by atoms with E-state index >= 15 is 0 Å². The van der Waals surface area contributed by atoms with Crippen molar-refractivity contribution in [1.29, 1.82) is 0 Å². The molecule has 1 aromatic rings. The molecule has 0 radical (unpaired) electrons. The van der Waals surface area contributed by atoms with Crippen LogP contribution in [0.5, 0.6) is 5.75 Å². The van der Waals surface area contributed by atoms with Crippen molar-refractivity contribution in [2.45, 2.75) is 52.6 Å². The number of hydrogen-bond acceptors (Lipinski definition) is 3. The average molecular weight is 293 g/mol. The monoisotopic (exact) mass is 293 g/mol. The maximum Gasteiger partial charge on any atom is 0.119 e. The Morgan fingerprint density at radius 2 is 1.76 bits per heavy atom. The molecule has 3 N–H and O–H groups in total. The third kappa shape index (κ3) is 6.06. The van der Waals surface area contributed by atoms with Crippen LogP contribution in [0.4, 0.5) is 0 Å². The van der Waals surface area contributed by atoms with E-state index in [0.717, 1.165) is 30.8 Å². The second-order valence-electron chi connectivity index (χ2n) is 6.43. The van der Waals surface area contributed by atoms with Crippen LogP contribution >= 0.6 is 0 Å². The fraction of sp³-hybridized carbons (Fsp3) is 0.667. The Morgan fingerprint density at radius 1 is 1.14 bits per heavy atom. The molecule has 0 saturated carbocycles. The predicted molar refractivity (Wildman–Crippen MR) is 88.6 cm³/mol. The summed E-state index contributed by atoms with van der Waals surface area (Å²) in [5.41, 5.74) is 6.96. The highest BCUT2D eigenvalue weighted by molar-refractivity contribution is 5.30. The number of rotatable bonds is 9. The van der Waals surface area contributed by atoms with Crippen molar-refractivity contribution in [3.05, 3.63) is 29.8 Å². The number of hydrogen-bond donors (Lipinski definition) is 2. The minimum Gasteiger partial charge on any atom is -0.493 e. The molecule has 0 saturated heterocycles. The van der Waals surface area contributed by atoms with E-state index in [1.54, 1.807) is 0 Å². The Kier molecular flexibility index (Phi) is 7.76.